The van der Waals surface area contributed by atoms with Gasteiger partial charge in [0, 0.05) is 41.2 Å². The Balaban J connectivity index is 1.43. The number of hydrogen-bond acceptors (Lipinski definition) is 4. The molecule has 0 radical (unpaired) electrons. The van der Waals surface area contributed by atoms with Crippen LogP contribution in [0.2, 0.25) is 10.0 Å². The van der Waals surface area contributed by atoms with Gasteiger partial charge in [-0.15, -0.1) is 0 Å². The predicted octanol–water partition coefficient (Wildman–Crippen LogP) is 7.64. The zero-order chi connectivity index (χ0) is 25.3. The largest absolute Gasteiger partial charge is 0.493 e. The lowest BCUT2D eigenvalue weighted by Gasteiger charge is -2.38. The molecule has 0 spiro atoms. The van der Waals surface area contributed by atoms with E-state index >= 15 is 0 Å². The second kappa shape index (κ2) is 10.7. The van der Waals surface area contributed by atoms with Crippen LogP contribution in [0.15, 0.2) is 30.3 Å². The fourth-order valence-electron chi connectivity index (χ4n) is 4.66. The van der Waals surface area contributed by atoms with Gasteiger partial charge in [-0.05, 0) is 94.7 Å². The molecule has 0 amide bonds. The van der Waals surface area contributed by atoms with E-state index in [1.807, 2.05) is 12.1 Å². The molecule has 2 atom stereocenters. The van der Waals surface area contributed by atoms with Crippen molar-refractivity contribution in [2.24, 2.45) is 5.92 Å². The van der Waals surface area contributed by atoms with Crippen LogP contribution in [0, 0.1) is 11.7 Å². The van der Waals surface area contributed by atoms with Gasteiger partial charge in [-0.2, -0.15) is 0 Å². The molecule has 4 nitrogen and oxygen atoms in total. The van der Waals surface area contributed by atoms with Crippen molar-refractivity contribution in [3.8, 4) is 5.75 Å². The molecular weight excluding hydrogens is 488 g/mol. The quantitative estimate of drug-likeness (QED) is 0.350. The van der Waals surface area contributed by atoms with Crippen LogP contribution >= 0.6 is 23.2 Å². The van der Waals surface area contributed by atoms with Crippen molar-refractivity contribution in [1.29, 1.82) is 0 Å². The number of rotatable bonds is 7. The van der Waals surface area contributed by atoms with Crippen LogP contribution in [0.5, 0.6) is 5.75 Å². The minimum Gasteiger partial charge on any atom is -0.493 e. The standard InChI is InChI=1S/C28H34Cl2FNO3/c1-17-5-6-18(14-32(17)15-19-9-21(29)11-22(30)10-19)16-34-26-13-25(31)24(12-23(26)20-7-8-20)27(33)35-28(2,3)4/h9-13,17-18,20H,5-8,14-16H2,1-4H3/t17-,18-/m1/s1. The Labute approximate surface area is 217 Å². The summed E-state index contributed by atoms with van der Waals surface area (Å²) in [5.74, 6) is -0.0651. The van der Waals surface area contributed by atoms with E-state index in [1.165, 1.54) is 6.07 Å². The first-order chi connectivity index (χ1) is 16.5. The van der Waals surface area contributed by atoms with Crippen molar-refractivity contribution in [3.05, 3.63) is 62.9 Å². The molecular formula is C28H34Cl2FNO3. The first-order valence-electron chi connectivity index (χ1n) is 12.4. The van der Waals surface area contributed by atoms with Gasteiger partial charge >= 0.3 is 5.97 Å². The summed E-state index contributed by atoms with van der Waals surface area (Å²) < 4.78 is 26.5. The van der Waals surface area contributed by atoms with Gasteiger partial charge in [0.15, 0.2) is 0 Å². The van der Waals surface area contributed by atoms with Gasteiger partial charge in [0.1, 0.15) is 17.2 Å². The van der Waals surface area contributed by atoms with Crippen LogP contribution < -0.4 is 4.74 Å². The summed E-state index contributed by atoms with van der Waals surface area (Å²) in [6, 6.07) is 9.09. The van der Waals surface area contributed by atoms with E-state index in [-0.39, 0.29) is 5.56 Å². The third-order valence-corrected chi connectivity index (χ3v) is 7.06. The maximum absolute atomic E-state index is 14.9. The molecule has 2 aromatic carbocycles. The van der Waals surface area contributed by atoms with Crippen molar-refractivity contribution in [2.75, 3.05) is 13.2 Å². The number of esters is 1. The summed E-state index contributed by atoms with van der Waals surface area (Å²) in [6.45, 7) is 9.71. The molecule has 0 unspecified atom stereocenters. The van der Waals surface area contributed by atoms with Gasteiger partial charge in [0.2, 0.25) is 0 Å². The third-order valence-electron chi connectivity index (χ3n) is 6.63. The number of piperidine rings is 1. The van der Waals surface area contributed by atoms with Crippen LogP contribution in [-0.4, -0.2) is 35.7 Å². The van der Waals surface area contributed by atoms with Crippen LogP contribution in [0.1, 0.15) is 80.8 Å². The first kappa shape index (κ1) is 26.2. The number of benzene rings is 2. The van der Waals surface area contributed by atoms with Crippen LogP contribution in [-0.2, 0) is 11.3 Å². The van der Waals surface area contributed by atoms with E-state index in [0.717, 1.165) is 49.9 Å². The summed E-state index contributed by atoms with van der Waals surface area (Å²) >= 11 is 12.4. The normalized spacial score (nSPS) is 21.1. The molecule has 1 heterocycles. The van der Waals surface area contributed by atoms with E-state index < -0.39 is 17.4 Å². The summed E-state index contributed by atoms with van der Waals surface area (Å²) in [7, 11) is 0. The molecule has 0 bridgehead atoms. The van der Waals surface area contributed by atoms with E-state index in [4.69, 9.17) is 32.7 Å². The summed E-state index contributed by atoms with van der Waals surface area (Å²) in [5.41, 5.74) is 1.29. The Kier molecular flexibility index (Phi) is 7.99. The van der Waals surface area contributed by atoms with E-state index in [0.29, 0.717) is 40.3 Å². The van der Waals surface area contributed by atoms with Gasteiger partial charge in [0.05, 0.1) is 12.2 Å². The lowest BCUT2D eigenvalue weighted by Crippen LogP contribution is -2.42. The highest BCUT2D eigenvalue weighted by molar-refractivity contribution is 6.34. The number of carbonyl (C=O) groups excluding carboxylic acids is 1. The highest BCUT2D eigenvalue weighted by Crippen LogP contribution is 2.45. The summed E-state index contributed by atoms with van der Waals surface area (Å²) in [5, 5.41) is 1.28. The zero-order valence-electron chi connectivity index (χ0n) is 20.9. The van der Waals surface area contributed by atoms with Crippen molar-refractivity contribution < 1.29 is 18.7 Å². The molecule has 2 aromatic rings. The molecule has 0 N–H and O–H groups in total. The van der Waals surface area contributed by atoms with Gasteiger partial charge in [-0.25, -0.2) is 9.18 Å². The number of ether oxygens (including phenoxy) is 2. The van der Waals surface area contributed by atoms with Crippen LogP contribution in [0.25, 0.3) is 0 Å². The van der Waals surface area contributed by atoms with Crippen molar-refractivity contribution in [1.82, 2.24) is 4.90 Å². The Morgan fingerprint density at radius 3 is 2.37 bits per heavy atom. The van der Waals surface area contributed by atoms with Gasteiger partial charge in [-0.3, -0.25) is 4.90 Å². The third kappa shape index (κ3) is 7.12. The van der Waals surface area contributed by atoms with Gasteiger partial charge in [-0.1, -0.05) is 23.2 Å². The molecule has 35 heavy (non-hydrogen) atoms. The number of halogens is 3. The van der Waals surface area contributed by atoms with Crippen LogP contribution in [0.4, 0.5) is 4.39 Å². The maximum Gasteiger partial charge on any atom is 0.341 e. The van der Waals surface area contributed by atoms with Crippen LogP contribution in [0.3, 0.4) is 0 Å². The molecule has 2 fully saturated rings. The number of nitrogens with zero attached hydrogens (tertiary/aromatic N) is 1. The Bertz CT molecular complexity index is 1060. The average Bonchev–Trinajstić information content (AvgIpc) is 3.57. The minimum absolute atomic E-state index is 0.0213. The smallest absolute Gasteiger partial charge is 0.341 e. The topological polar surface area (TPSA) is 38.8 Å². The average molecular weight is 522 g/mol. The fraction of sp³-hybridized carbons (Fsp3) is 0.536. The lowest BCUT2D eigenvalue weighted by molar-refractivity contribution is 0.00645. The fourth-order valence-corrected chi connectivity index (χ4v) is 5.23. The maximum atomic E-state index is 14.9. The molecule has 1 saturated carbocycles. The molecule has 0 aromatic heterocycles. The summed E-state index contributed by atoms with van der Waals surface area (Å²) in [6.07, 6.45) is 4.15. The molecule has 190 valence electrons. The number of hydrogen-bond donors (Lipinski definition) is 0. The molecule has 1 aliphatic carbocycles. The van der Waals surface area contributed by atoms with E-state index in [1.54, 1.807) is 32.9 Å². The molecule has 7 heteroatoms. The lowest BCUT2D eigenvalue weighted by atomic mass is 9.93. The predicted molar refractivity (Wildman–Crippen MR) is 138 cm³/mol. The molecule has 2 aliphatic rings. The first-order valence-corrected chi connectivity index (χ1v) is 13.1. The minimum atomic E-state index is -0.682. The SMILES string of the molecule is C[C@@H]1CC[C@@H](COc2cc(F)c(C(=O)OC(C)(C)C)cc2C2CC2)CN1Cc1cc(Cl)cc(Cl)c1. The van der Waals surface area contributed by atoms with Crippen molar-refractivity contribution in [2.45, 2.75) is 77.5 Å². The Hall–Kier alpha value is -1.82. The highest BCUT2D eigenvalue weighted by Gasteiger charge is 2.32. The molecule has 1 aliphatic heterocycles. The van der Waals surface area contributed by atoms with E-state index in [2.05, 4.69) is 11.8 Å². The number of likely N-dealkylation sites (tertiary alicyclic amines) is 1. The van der Waals surface area contributed by atoms with Crippen molar-refractivity contribution >= 4 is 29.2 Å². The van der Waals surface area contributed by atoms with Gasteiger partial charge in [0.25, 0.3) is 0 Å². The molecule has 4 rings (SSSR count). The van der Waals surface area contributed by atoms with Gasteiger partial charge < -0.3 is 9.47 Å². The second-order valence-corrected chi connectivity index (χ2v) is 11.8. The monoisotopic (exact) mass is 521 g/mol. The van der Waals surface area contributed by atoms with Crippen molar-refractivity contribution in [3.63, 3.8) is 0 Å². The highest BCUT2D eigenvalue weighted by atomic mass is 35.5. The Morgan fingerprint density at radius 1 is 1.06 bits per heavy atom. The molecule has 1 saturated heterocycles. The number of carbonyl (C=O) groups is 1. The second-order valence-electron chi connectivity index (χ2n) is 11.0. The zero-order valence-corrected chi connectivity index (χ0v) is 22.4. The Morgan fingerprint density at radius 2 is 1.74 bits per heavy atom. The summed E-state index contributed by atoms with van der Waals surface area (Å²) in [4.78, 5) is 15.0. The van der Waals surface area contributed by atoms with E-state index in [9.17, 15) is 9.18 Å².